The molecule has 3 N–H and O–H groups in total. The molecule has 0 saturated heterocycles. The molecular formula is C12H19N3O. The molecule has 0 aliphatic carbocycles. The van der Waals surface area contributed by atoms with E-state index in [9.17, 15) is 4.79 Å². The van der Waals surface area contributed by atoms with Crippen LogP contribution in [0.5, 0.6) is 0 Å². The van der Waals surface area contributed by atoms with Crippen LogP contribution in [0.2, 0.25) is 0 Å². The highest BCUT2D eigenvalue weighted by molar-refractivity contribution is 5.95. The zero-order valence-electron chi connectivity index (χ0n) is 10.2. The third-order valence-corrected chi connectivity index (χ3v) is 2.48. The number of carbonyl (C=O) groups is 1. The molecule has 4 nitrogen and oxygen atoms in total. The summed E-state index contributed by atoms with van der Waals surface area (Å²) in [6.07, 6.45) is 1.69. The van der Waals surface area contributed by atoms with Crippen LogP contribution in [0.15, 0.2) is 18.3 Å². The van der Waals surface area contributed by atoms with Gasteiger partial charge in [0.05, 0.1) is 17.4 Å². The zero-order chi connectivity index (χ0) is 12.3. The van der Waals surface area contributed by atoms with Gasteiger partial charge in [-0.3, -0.25) is 9.78 Å². The van der Waals surface area contributed by atoms with Crippen molar-refractivity contribution in [2.75, 3.05) is 5.32 Å². The minimum absolute atomic E-state index is 0.177. The summed E-state index contributed by atoms with van der Waals surface area (Å²) in [6.45, 7) is 7.66. The van der Waals surface area contributed by atoms with E-state index in [0.717, 1.165) is 5.69 Å². The van der Waals surface area contributed by atoms with E-state index in [1.807, 2.05) is 33.8 Å². The van der Waals surface area contributed by atoms with E-state index >= 15 is 0 Å². The Hall–Kier alpha value is -1.42. The fraction of sp³-hybridized carbons (Fsp3) is 0.500. The first-order chi connectivity index (χ1) is 7.32. The predicted molar refractivity (Wildman–Crippen MR) is 65.0 cm³/mol. The van der Waals surface area contributed by atoms with Gasteiger partial charge < -0.3 is 11.1 Å². The summed E-state index contributed by atoms with van der Waals surface area (Å²) in [5, 5.41) is 2.79. The monoisotopic (exact) mass is 221 g/mol. The average Bonchev–Trinajstić information content (AvgIpc) is 2.19. The Morgan fingerprint density at radius 3 is 2.62 bits per heavy atom. The molecule has 1 aromatic heterocycles. The van der Waals surface area contributed by atoms with Gasteiger partial charge in [0, 0.05) is 6.20 Å². The Morgan fingerprint density at radius 2 is 2.12 bits per heavy atom. The second kappa shape index (κ2) is 4.61. The third kappa shape index (κ3) is 3.03. The molecule has 1 rings (SSSR count). The molecule has 0 bridgehead atoms. The van der Waals surface area contributed by atoms with Crippen LogP contribution in [-0.2, 0) is 4.79 Å². The molecule has 1 atom stereocenters. The van der Waals surface area contributed by atoms with E-state index in [-0.39, 0.29) is 11.3 Å². The van der Waals surface area contributed by atoms with Crippen LogP contribution in [0.3, 0.4) is 0 Å². The fourth-order valence-electron chi connectivity index (χ4n) is 1.22. The number of carbonyl (C=O) groups excluding carboxylic acids is 1. The van der Waals surface area contributed by atoms with E-state index < -0.39 is 6.04 Å². The van der Waals surface area contributed by atoms with Crippen LogP contribution in [0, 0.1) is 12.3 Å². The molecule has 0 aromatic carbocycles. The van der Waals surface area contributed by atoms with Crippen molar-refractivity contribution in [3.05, 3.63) is 24.0 Å². The third-order valence-electron chi connectivity index (χ3n) is 2.48. The van der Waals surface area contributed by atoms with Gasteiger partial charge in [0.15, 0.2) is 0 Å². The van der Waals surface area contributed by atoms with Crippen LogP contribution in [-0.4, -0.2) is 16.9 Å². The van der Waals surface area contributed by atoms with Gasteiger partial charge in [-0.25, -0.2) is 0 Å². The average molecular weight is 221 g/mol. The van der Waals surface area contributed by atoms with Crippen LogP contribution in [0.1, 0.15) is 26.5 Å². The van der Waals surface area contributed by atoms with Crippen molar-refractivity contribution in [1.82, 2.24) is 4.98 Å². The predicted octanol–water partition coefficient (Wildman–Crippen LogP) is 1.70. The summed E-state index contributed by atoms with van der Waals surface area (Å²) in [4.78, 5) is 15.9. The van der Waals surface area contributed by atoms with E-state index in [4.69, 9.17) is 5.73 Å². The van der Waals surface area contributed by atoms with Gasteiger partial charge in [-0.15, -0.1) is 0 Å². The summed E-state index contributed by atoms with van der Waals surface area (Å²) in [5.41, 5.74) is 7.11. The van der Waals surface area contributed by atoms with Crippen molar-refractivity contribution in [3.8, 4) is 0 Å². The van der Waals surface area contributed by atoms with Gasteiger partial charge in [-0.1, -0.05) is 20.8 Å². The van der Waals surface area contributed by atoms with Gasteiger partial charge in [0.1, 0.15) is 0 Å². The highest BCUT2D eigenvalue weighted by Crippen LogP contribution is 2.19. The molecule has 0 aliphatic heterocycles. The first kappa shape index (κ1) is 12.6. The lowest BCUT2D eigenvalue weighted by molar-refractivity contribution is -0.119. The number of anilines is 1. The molecule has 0 radical (unpaired) electrons. The Kier molecular flexibility index (Phi) is 3.65. The maximum Gasteiger partial charge on any atom is 0.241 e. The molecule has 1 unspecified atom stereocenters. The molecule has 16 heavy (non-hydrogen) atoms. The maximum absolute atomic E-state index is 11.8. The summed E-state index contributed by atoms with van der Waals surface area (Å²) in [5.74, 6) is -0.177. The van der Waals surface area contributed by atoms with Gasteiger partial charge in [-0.2, -0.15) is 0 Å². The van der Waals surface area contributed by atoms with Crippen LogP contribution in [0.4, 0.5) is 5.69 Å². The number of pyridine rings is 1. The first-order valence-electron chi connectivity index (χ1n) is 5.30. The molecule has 1 aromatic rings. The van der Waals surface area contributed by atoms with E-state index in [2.05, 4.69) is 10.3 Å². The van der Waals surface area contributed by atoms with Gasteiger partial charge >= 0.3 is 0 Å². The number of nitrogens with two attached hydrogens (primary N) is 1. The number of nitrogens with zero attached hydrogens (tertiary/aromatic N) is 1. The fourth-order valence-corrected chi connectivity index (χ4v) is 1.22. The van der Waals surface area contributed by atoms with Crippen molar-refractivity contribution < 1.29 is 4.79 Å². The number of aromatic nitrogens is 1. The van der Waals surface area contributed by atoms with Crippen molar-refractivity contribution in [3.63, 3.8) is 0 Å². The highest BCUT2D eigenvalue weighted by atomic mass is 16.2. The lowest BCUT2D eigenvalue weighted by Gasteiger charge is -2.25. The number of aryl methyl sites for hydroxylation is 1. The summed E-state index contributed by atoms with van der Waals surface area (Å²) < 4.78 is 0. The zero-order valence-corrected chi connectivity index (χ0v) is 10.2. The topological polar surface area (TPSA) is 68.0 Å². The van der Waals surface area contributed by atoms with Gasteiger partial charge in [-0.05, 0) is 24.5 Å². The quantitative estimate of drug-likeness (QED) is 0.798. The van der Waals surface area contributed by atoms with Crippen molar-refractivity contribution in [2.45, 2.75) is 33.7 Å². The first-order valence-corrected chi connectivity index (χ1v) is 5.30. The molecule has 0 fully saturated rings. The minimum atomic E-state index is -0.535. The lowest BCUT2D eigenvalue weighted by Crippen LogP contribution is -2.45. The van der Waals surface area contributed by atoms with Gasteiger partial charge in [0.25, 0.3) is 0 Å². The molecule has 4 heteroatoms. The second-order valence-electron chi connectivity index (χ2n) is 4.97. The number of rotatable bonds is 2. The van der Waals surface area contributed by atoms with Crippen LogP contribution < -0.4 is 11.1 Å². The largest absolute Gasteiger partial charge is 0.323 e. The molecule has 1 heterocycles. The van der Waals surface area contributed by atoms with Crippen LogP contribution in [0.25, 0.3) is 0 Å². The van der Waals surface area contributed by atoms with Crippen molar-refractivity contribution in [1.29, 1.82) is 0 Å². The smallest absolute Gasteiger partial charge is 0.241 e. The maximum atomic E-state index is 11.8. The molecule has 0 aliphatic rings. The Morgan fingerprint density at radius 1 is 1.50 bits per heavy atom. The van der Waals surface area contributed by atoms with Crippen molar-refractivity contribution in [2.24, 2.45) is 11.1 Å². The normalized spacial score (nSPS) is 13.3. The van der Waals surface area contributed by atoms with E-state index in [1.54, 1.807) is 12.3 Å². The minimum Gasteiger partial charge on any atom is -0.323 e. The highest BCUT2D eigenvalue weighted by Gasteiger charge is 2.27. The number of hydrogen-bond acceptors (Lipinski definition) is 3. The SMILES string of the molecule is Cc1ncccc1NC(=O)C(N)C(C)(C)C. The standard InChI is InChI=1S/C12H19N3O/c1-8-9(6-5-7-14-8)15-11(16)10(13)12(2,3)4/h5-7,10H,13H2,1-4H3,(H,15,16). The Balaban J connectivity index is 2.76. The Labute approximate surface area is 96.3 Å². The number of amides is 1. The molecular weight excluding hydrogens is 202 g/mol. The lowest BCUT2D eigenvalue weighted by atomic mass is 9.87. The second-order valence-corrected chi connectivity index (χ2v) is 4.97. The number of nitrogens with one attached hydrogen (secondary N) is 1. The van der Waals surface area contributed by atoms with E-state index in [1.165, 1.54) is 0 Å². The van der Waals surface area contributed by atoms with Crippen LogP contribution >= 0.6 is 0 Å². The number of hydrogen-bond donors (Lipinski definition) is 2. The van der Waals surface area contributed by atoms with Gasteiger partial charge in [0.2, 0.25) is 5.91 Å². The summed E-state index contributed by atoms with van der Waals surface area (Å²) in [7, 11) is 0. The molecule has 88 valence electrons. The molecule has 0 saturated carbocycles. The summed E-state index contributed by atoms with van der Waals surface area (Å²) >= 11 is 0. The van der Waals surface area contributed by atoms with Crippen molar-refractivity contribution >= 4 is 11.6 Å². The molecule has 1 amide bonds. The van der Waals surface area contributed by atoms with E-state index in [0.29, 0.717) is 5.69 Å². The molecule has 0 spiro atoms. The Bertz CT molecular complexity index is 382. The summed E-state index contributed by atoms with van der Waals surface area (Å²) in [6, 6.07) is 3.06.